The monoisotopic (exact) mass is 217 g/mol. The first-order chi connectivity index (χ1) is 7.83. The first kappa shape index (κ1) is 10.1. The minimum atomic E-state index is 0.833. The summed E-state index contributed by atoms with van der Waals surface area (Å²) in [6, 6.07) is 3.84. The Balaban J connectivity index is 1.66. The van der Waals surface area contributed by atoms with Gasteiger partial charge in [-0.2, -0.15) is 0 Å². The van der Waals surface area contributed by atoms with E-state index in [0.29, 0.717) is 0 Å². The van der Waals surface area contributed by atoms with E-state index in [0.717, 1.165) is 29.8 Å². The van der Waals surface area contributed by atoms with Crippen molar-refractivity contribution in [2.75, 3.05) is 18.8 Å². The van der Waals surface area contributed by atoms with Crippen molar-refractivity contribution in [3.8, 4) is 0 Å². The minimum absolute atomic E-state index is 0.833. The van der Waals surface area contributed by atoms with E-state index in [-0.39, 0.29) is 0 Å². The van der Waals surface area contributed by atoms with Crippen molar-refractivity contribution in [3.05, 3.63) is 24.0 Å². The molecule has 16 heavy (non-hydrogen) atoms. The van der Waals surface area contributed by atoms with E-state index >= 15 is 0 Å². The Bertz CT molecular complexity index is 365. The van der Waals surface area contributed by atoms with Gasteiger partial charge in [-0.25, -0.2) is 0 Å². The quantitative estimate of drug-likeness (QED) is 0.822. The number of pyridine rings is 1. The molecule has 1 aromatic heterocycles. The molecule has 2 fully saturated rings. The standard InChI is InChI=1S/C13H19N3/c14-12-5-2-6-15-13(12)9-16-7-10-3-1-4-11(10)8-16/h2,5-6,10-11H,1,3-4,7-9,14H2. The highest BCUT2D eigenvalue weighted by molar-refractivity contribution is 5.41. The van der Waals surface area contributed by atoms with Crippen LogP contribution in [0.25, 0.3) is 0 Å². The maximum Gasteiger partial charge on any atom is 0.0772 e. The van der Waals surface area contributed by atoms with E-state index in [1.54, 1.807) is 0 Å². The molecule has 2 aliphatic rings. The Morgan fingerprint density at radius 3 is 2.75 bits per heavy atom. The Morgan fingerprint density at radius 1 is 1.31 bits per heavy atom. The molecule has 2 unspecified atom stereocenters. The molecule has 1 aliphatic heterocycles. The average molecular weight is 217 g/mol. The van der Waals surface area contributed by atoms with Gasteiger partial charge in [0.1, 0.15) is 0 Å². The summed E-state index contributed by atoms with van der Waals surface area (Å²) in [6.07, 6.45) is 6.13. The molecule has 3 heteroatoms. The van der Waals surface area contributed by atoms with Crippen molar-refractivity contribution in [3.63, 3.8) is 0 Å². The van der Waals surface area contributed by atoms with Gasteiger partial charge in [0.2, 0.25) is 0 Å². The van der Waals surface area contributed by atoms with Crippen LogP contribution in [0.1, 0.15) is 25.0 Å². The zero-order valence-electron chi connectivity index (χ0n) is 9.60. The Kier molecular flexibility index (Phi) is 2.56. The molecule has 1 aliphatic carbocycles. The highest BCUT2D eigenvalue weighted by atomic mass is 15.2. The number of nitrogens with two attached hydrogens (primary N) is 1. The van der Waals surface area contributed by atoms with Gasteiger partial charge < -0.3 is 5.73 Å². The van der Waals surface area contributed by atoms with Crippen LogP contribution in [0.4, 0.5) is 5.69 Å². The summed E-state index contributed by atoms with van der Waals surface area (Å²) in [7, 11) is 0. The minimum Gasteiger partial charge on any atom is -0.397 e. The van der Waals surface area contributed by atoms with Crippen molar-refractivity contribution in [1.82, 2.24) is 9.88 Å². The van der Waals surface area contributed by atoms with Crippen LogP contribution in [-0.4, -0.2) is 23.0 Å². The molecule has 3 rings (SSSR count). The highest BCUT2D eigenvalue weighted by Gasteiger charge is 2.35. The van der Waals surface area contributed by atoms with Crippen LogP contribution in [-0.2, 0) is 6.54 Å². The number of fused-ring (bicyclic) bond motifs is 1. The van der Waals surface area contributed by atoms with E-state index in [2.05, 4.69) is 9.88 Å². The molecule has 1 aromatic rings. The molecule has 1 saturated heterocycles. The lowest BCUT2D eigenvalue weighted by Gasteiger charge is -2.16. The molecule has 0 radical (unpaired) electrons. The lowest BCUT2D eigenvalue weighted by atomic mass is 10.0. The fourth-order valence-corrected chi connectivity index (χ4v) is 3.26. The molecule has 3 nitrogen and oxygen atoms in total. The van der Waals surface area contributed by atoms with Crippen LogP contribution >= 0.6 is 0 Å². The fourth-order valence-electron chi connectivity index (χ4n) is 3.26. The molecular weight excluding hydrogens is 198 g/mol. The zero-order chi connectivity index (χ0) is 11.0. The van der Waals surface area contributed by atoms with E-state index < -0.39 is 0 Å². The number of rotatable bonds is 2. The van der Waals surface area contributed by atoms with Gasteiger partial charge in [0.05, 0.1) is 11.4 Å². The summed E-state index contributed by atoms with van der Waals surface area (Å²) in [5.74, 6) is 1.90. The van der Waals surface area contributed by atoms with Crippen molar-refractivity contribution in [2.24, 2.45) is 11.8 Å². The maximum absolute atomic E-state index is 5.93. The summed E-state index contributed by atoms with van der Waals surface area (Å²) >= 11 is 0. The number of anilines is 1. The Morgan fingerprint density at radius 2 is 2.06 bits per heavy atom. The predicted molar refractivity (Wildman–Crippen MR) is 64.8 cm³/mol. The molecule has 86 valence electrons. The topological polar surface area (TPSA) is 42.1 Å². The summed E-state index contributed by atoms with van der Waals surface area (Å²) in [4.78, 5) is 6.89. The SMILES string of the molecule is Nc1cccnc1CN1CC2CCCC2C1. The van der Waals surface area contributed by atoms with E-state index in [9.17, 15) is 0 Å². The fraction of sp³-hybridized carbons (Fsp3) is 0.615. The van der Waals surface area contributed by atoms with Gasteiger partial charge in [0.15, 0.2) is 0 Å². The summed E-state index contributed by atoms with van der Waals surface area (Å²) in [5.41, 5.74) is 7.80. The van der Waals surface area contributed by atoms with Crippen molar-refractivity contribution in [1.29, 1.82) is 0 Å². The number of aromatic nitrogens is 1. The van der Waals surface area contributed by atoms with Crippen molar-refractivity contribution >= 4 is 5.69 Å². The molecule has 2 heterocycles. The lowest BCUT2D eigenvalue weighted by Crippen LogP contribution is -2.22. The number of nitrogens with zero attached hydrogens (tertiary/aromatic N) is 2. The third-order valence-corrected chi connectivity index (χ3v) is 4.10. The van der Waals surface area contributed by atoms with E-state index in [1.165, 1.54) is 32.4 Å². The number of hydrogen-bond acceptors (Lipinski definition) is 3. The van der Waals surface area contributed by atoms with Gasteiger partial charge >= 0.3 is 0 Å². The van der Waals surface area contributed by atoms with Crippen molar-refractivity contribution < 1.29 is 0 Å². The third-order valence-electron chi connectivity index (χ3n) is 4.10. The van der Waals surface area contributed by atoms with Crippen LogP contribution < -0.4 is 5.73 Å². The second kappa shape index (κ2) is 4.06. The molecule has 1 saturated carbocycles. The Labute approximate surface area is 96.7 Å². The number of nitrogen functional groups attached to an aromatic ring is 1. The Hall–Kier alpha value is -1.09. The zero-order valence-corrected chi connectivity index (χ0v) is 9.60. The normalized spacial score (nSPS) is 29.5. The third kappa shape index (κ3) is 1.80. The molecule has 0 spiro atoms. The average Bonchev–Trinajstić information content (AvgIpc) is 2.81. The van der Waals surface area contributed by atoms with Gasteiger partial charge in [0.25, 0.3) is 0 Å². The van der Waals surface area contributed by atoms with Gasteiger partial charge in [0, 0.05) is 25.8 Å². The van der Waals surface area contributed by atoms with Crippen LogP contribution in [0, 0.1) is 11.8 Å². The van der Waals surface area contributed by atoms with Gasteiger partial charge in [-0.15, -0.1) is 0 Å². The molecular formula is C13H19N3. The van der Waals surface area contributed by atoms with Crippen LogP contribution in [0.5, 0.6) is 0 Å². The summed E-state index contributed by atoms with van der Waals surface area (Å²) in [5, 5.41) is 0. The first-order valence-electron chi connectivity index (χ1n) is 6.24. The van der Waals surface area contributed by atoms with Crippen LogP contribution in [0.3, 0.4) is 0 Å². The van der Waals surface area contributed by atoms with Crippen molar-refractivity contribution in [2.45, 2.75) is 25.8 Å². The predicted octanol–water partition coefficient (Wildman–Crippen LogP) is 1.90. The largest absolute Gasteiger partial charge is 0.397 e. The molecule has 0 amide bonds. The molecule has 2 N–H and O–H groups in total. The first-order valence-corrected chi connectivity index (χ1v) is 6.24. The maximum atomic E-state index is 5.93. The second-order valence-electron chi connectivity index (χ2n) is 5.18. The smallest absolute Gasteiger partial charge is 0.0772 e. The van der Waals surface area contributed by atoms with E-state index in [1.807, 2.05) is 18.3 Å². The summed E-state index contributed by atoms with van der Waals surface area (Å²) in [6.45, 7) is 3.43. The van der Waals surface area contributed by atoms with Gasteiger partial charge in [-0.1, -0.05) is 6.42 Å². The van der Waals surface area contributed by atoms with Gasteiger partial charge in [-0.3, -0.25) is 9.88 Å². The number of likely N-dealkylation sites (tertiary alicyclic amines) is 1. The molecule has 0 aromatic carbocycles. The second-order valence-corrected chi connectivity index (χ2v) is 5.18. The van der Waals surface area contributed by atoms with Crippen LogP contribution in [0.2, 0.25) is 0 Å². The number of hydrogen-bond donors (Lipinski definition) is 1. The van der Waals surface area contributed by atoms with E-state index in [4.69, 9.17) is 5.73 Å². The highest BCUT2D eigenvalue weighted by Crippen LogP contribution is 2.38. The molecule has 2 atom stereocenters. The van der Waals surface area contributed by atoms with Gasteiger partial charge in [-0.05, 0) is 36.8 Å². The van der Waals surface area contributed by atoms with Crippen LogP contribution in [0.15, 0.2) is 18.3 Å². The summed E-state index contributed by atoms with van der Waals surface area (Å²) < 4.78 is 0. The molecule has 0 bridgehead atoms. The lowest BCUT2D eigenvalue weighted by molar-refractivity contribution is 0.300.